The largest absolute Gasteiger partial charge is 0.391 e. The molecule has 4 nitrogen and oxygen atoms in total. The van der Waals surface area contributed by atoms with Crippen LogP contribution in [-0.2, 0) is 0 Å². The van der Waals surface area contributed by atoms with Gasteiger partial charge in [0.1, 0.15) is 17.0 Å². The lowest BCUT2D eigenvalue weighted by atomic mass is 10.1. The Bertz CT molecular complexity index is 928. The van der Waals surface area contributed by atoms with E-state index in [1.54, 1.807) is 29.4 Å². The van der Waals surface area contributed by atoms with Gasteiger partial charge < -0.3 is 10.7 Å². The number of rotatable bonds is 3. The van der Waals surface area contributed by atoms with Gasteiger partial charge in [0, 0.05) is 5.69 Å². The highest BCUT2D eigenvalue weighted by molar-refractivity contribution is 8.01. The Labute approximate surface area is 135 Å². The molecule has 0 unspecified atom stereocenters. The summed E-state index contributed by atoms with van der Waals surface area (Å²) in [5.74, 6) is 0. The average Bonchev–Trinajstić information content (AvgIpc) is 3.15. The van der Waals surface area contributed by atoms with Crippen LogP contribution in [0, 0.1) is 0 Å². The quantitative estimate of drug-likeness (QED) is 0.547. The lowest BCUT2D eigenvalue weighted by Crippen LogP contribution is -1.83. The average molecular weight is 324 g/mol. The van der Waals surface area contributed by atoms with E-state index in [1.807, 2.05) is 30.3 Å². The topological polar surface area (TPSA) is 67.6 Å². The molecule has 0 amide bonds. The Hall–Kier alpha value is -2.31. The molecule has 6 heteroatoms. The van der Waals surface area contributed by atoms with E-state index in [0.29, 0.717) is 0 Å². The van der Waals surface area contributed by atoms with Gasteiger partial charge in [0.05, 0.1) is 14.6 Å². The van der Waals surface area contributed by atoms with Crippen molar-refractivity contribution < 1.29 is 0 Å². The molecule has 1 aromatic carbocycles. The lowest BCUT2D eigenvalue weighted by Gasteiger charge is -1.98. The summed E-state index contributed by atoms with van der Waals surface area (Å²) < 4.78 is 1.12. The molecule has 0 aliphatic rings. The van der Waals surface area contributed by atoms with Crippen LogP contribution in [0.15, 0.2) is 64.1 Å². The Morgan fingerprint density at radius 3 is 2.68 bits per heavy atom. The number of aromatic nitrogens is 3. The molecule has 4 aromatic rings. The molecule has 0 saturated heterocycles. The second kappa shape index (κ2) is 5.47. The van der Waals surface area contributed by atoms with Gasteiger partial charge in [-0.1, -0.05) is 42.1 Å². The van der Waals surface area contributed by atoms with E-state index in [9.17, 15) is 0 Å². The first-order valence-corrected chi connectivity index (χ1v) is 8.35. The number of thiophene rings is 1. The van der Waals surface area contributed by atoms with Crippen molar-refractivity contribution in [2.45, 2.75) is 9.24 Å². The minimum absolute atomic E-state index is 0.812. The molecule has 0 atom stereocenters. The zero-order valence-corrected chi connectivity index (χ0v) is 13.1. The van der Waals surface area contributed by atoms with Gasteiger partial charge in [0.15, 0.2) is 0 Å². The maximum absolute atomic E-state index is 5.79. The van der Waals surface area contributed by atoms with E-state index in [-0.39, 0.29) is 0 Å². The molecule has 4 rings (SSSR count). The number of hydrogen-bond donors (Lipinski definition) is 2. The van der Waals surface area contributed by atoms with Crippen LogP contribution >= 0.6 is 23.1 Å². The van der Waals surface area contributed by atoms with Gasteiger partial charge in [-0.3, -0.25) is 0 Å². The second-order valence-corrected chi connectivity index (χ2v) is 7.15. The van der Waals surface area contributed by atoms with Crippen LogP contribution in [0.1, 0.15) is 0 Å². The third-order valence-electron chi connectivity index (χ3n) is 3.27. The smallest absolute Gasteiger partial charge is 0.142 e. The van der Waals surface area contributed by atoms with Crippen molar-refractivity contribution in [3.63, 3.8) is 0 Å². The van der Waals surface area contributed by atoms with Crippen LogP contribution < -0.4 is 5.73 Å². The first kappa shape index (κ1) is 13.4. The monoisotopic (exact) mass is 324 g/mol. The Balaban J connectivity index is 1.78. The first-order valence-electron chi connectivity index (χ1n) is 6.72. The van der Waals surface area contributed by atoms with Crippen LogP contribution in [-0.4, -0.2) is 15.0 Å². The Kier molecular flexibility index (Phi) is 3.32. The maximum atomic E-state index is 5.79. The summed E-state index contributed by atoms with van der Waals surface area (Å²) in [4.78, 5) is 12.1. The zero-order chi connectivity index (χ0) is 14.9. The van der Waals surface area contributed by atoms with E-state index in [4.69, 9.17) is 5.73 Å². The van der Waals surface area contributed by atoms with Gasteiger partial charge in [0.25, 0.3) is 0 Å². The summed E-state index contributed by atoms with van der Waals surface area (Å²) in [6.45, 7) is 0. The summed E-state index contributed by atoms with van der Waals surface area (Å²) in [5, 5.41) is 2.77. The van der Waals surface area contributed by atoms with Crippen molar-refractivity contribution in [1.29, 1.82) is 0 Å². The molecule has 3 N–H and O–H groups in total. The molecule has 0 aliphatic carbocycles. The van der Waals surface area contributed by atoms with Crippen LogP contribution in [0.4, 0.5) is 5.00 Å². The summed E-state index contributed by atoms with van der Waals surface area (Å²) in [5.41, 5.74) is 8.82. The van der Waals surface area contributed by atoms with Crippen molar-refractivity contribution in [2.75, 3.05) is 5.73 Å². The number of benzene rings is 1. The standard InChI is InChI=1S/C16H12N4S2/c17-13-6-7-14(21-13)22-16-11-8-12(10-4-2-1-3-5-10)20-15(11)18-9-19-16/h1-9H,17H2,(H,18,19,20). The van der Waals surface area contributed by atoms with E-state index in [1.165, 1.54) is 0 Å². The summed E-state index contributed by atoms with van der Waals surface area (Å²) in [6, 6.07) is 16.2. The summed E-state index contributed by atoms with van der Waals surface area (Å²) in [6.07, 6.45) is 1.59. The highest BCUT2D eigenvalue weighted by atomic mass is 32.2. The van der Waals surface area contributed by atoms with Gasteiger partial charge in [-0.2, -0.15) is 0 Å². The fraction of sp³-hybridized carbons (Fsp3) is 0. The molecular weight excluding hydrogens is 312 g/mol. The van der Waals surface area contributed by atoms with Crippen LogP contribution in [0.25, 0.3) is 22.3 Å². The van der Waals surface area contributed by atoms with Gasteiger partial charge in [-0.15, -0.1) is 11.3 Å². The Morgan fingerprint density at radius 2 is 1.91 bits per heavy atom. The molecule has 0 saturated carbocycles. The van der Waals surface area contributed by atoms with Crippen molar-refractivity contribution in [3.05, 3.63) is 54.9 Å². The minimum Gasteiger partial charge on any atom is -0.391 e. The fourth-order valence-corrected chi connectivity index (χ4v) is 4.14. The predicted octanol–water partition coefficient (Wildman–Crippen LogP) is 4.42. The molecule has 0 radical (unpaired) electrons. The fourth-order valence-electron chi connectivity index (χ4n) is 2.26. The third kappa shape index (κ3) is 2.47. The van der Waals surface area contributed by atoms with Crippen molar-refractivity contribution >= 4 is 39.1 Å². The van der Waals surface area contributed by atoms with Crippen molar-refractivity contribution in [1.82, 2.24) is 15.0 Å². The number of nitrogens with one attached hydrogen (secondary N) is 1. The number of nitrogens with zero attached hydrogens (tertiary/aromatic N) is 2. The van der Waals surface area contributed by atoms with E-state index in [0.717, 1.165) is 36.5 Å². The Morgan fingerprint density at radius 1 is 1.05 bits per heavy atom. The number of anilines is 1. The molecule has 3 heterocycles. The SMILES string of the molecule is Nc1ccc(Sc2ncnc3[nH]c(-c4ccccc4)cc23)s1. The molecule has 108 valence electrons. The number of H-pyrrole nitrogens is 1. The normalized spacial score (nSPS) is 11.1. The number of fused-ring (bicyclic) bond motifs is 1. The lowest BCUT2D eigenvalue weighted by molar-refractivity contribution is 1.09. The zero-order valence-electron chi connectivity index (χ0n) is 11.5. The number of nitrogen functional groups attached to an aromatic ring is 1. The van der Waals surface area contributed by atoms with Gasteiger partial charge in [-0.05, 0) is 23.8 Å². The molecule has 0 fully saturated rings. The van der Waals surface area contributed by atoms with Crippen LogP contribution in [0.3, 0.4) is 0 Å². The van der Waals surface area contributed by atoms with E-state index >= 15 is 0 Å². The first-order chi connectivity index (χ1) is 10.8. The van der Waals surface area contributed by atoms with Gasteiger partial charge in [-0.25, -0.2) is 9.97 Å². The van der Waals surface area contributed by atoms with E-state index < -0.39 is 0 Å². The van der Waals surface area contributed by atoms with Crippen LogP contribution in [0.5, 0.6) is 0 Å². The predicted molar refractivity (Wildman–Crippen MR) is 92.2 cm³/mol. The number of nitrogens with two attached hydrogens (primary N) is 1. The molecule has 22 heavy (non-hydrogen) atoms. The molecular formula is C16H12N4S2. The van der Waals surface area contributed by atoms with Crippen molar-refractivity contribution in [3.8, 4) is 11.3 Å². The maximum Gasteiger partial charge on any atom is 0.142 e. The number of aromatic amines is 1. The van der Waals surface area contributed by atoms with E-state index in [2.05, 4.69) is 33.2 Å². The van der Waals surface area contributed by atoms with Crippen LogP contribution in [0.2, 0.25) is 0 Å². The highest BCUT2D eigenvalue weighted by Crippen LogP contribution is 2.37. The third-order valence-corrected chi connectivity index (χ3v) is 5.34. The molecule has 0 aliphatic heterocycles. The molecule has 0 spiro atoms. The van der Waals surface area contributed by atoms with Gasteiger partial charge in [0.2, 0.25) is 0 Å². The minimum atomic E-state index is 0.812. The van der Waals surface area contributed by atoms with Gasteiger partial charge >= 0.3 is 0 Å². The molecule has 3 aromatic heterocycles. The highest BCUT2D eigenvalue weighted by Gasteiger charge is 2.11. The summed E-state index contributed by atoms with van der Waals surface area (Å²) in [7, 11) is 0. The summed E-state index contributed by atoms with van der Waals surface area (Å²) >= 11 is 3.18. The second-order valence-electron chi connectivity index (χ2n) is 4.75. The number of hydrogen-bond acceptors (Lipinski definition) is 5. The van der Waals surface area contributed by atoms with Crippen molar-refractivity contribution in [2.24, 2.45) is 0 Å². The molecule has 0 bridgehead atoms.